The molecule has 0 fully saturated rings. The number of rotatable bonds is 6. The Morgan fingerprint density at radius 2 is 2.14 bits per heavy atom. The minimum atomic E-state index is -0.929. The maximum absolute atomic E-state index is 11.7. The van der Waals surface area contributed by atoms with Crippen molar-refractivity contribution in [3.63, 3.8) is 0 Å². The lowest BCUT2D eigenvalue weighted by Gasteiger charge is -2.09. The first kappa shape index (κ1) is 14.9. The van der Waals surface area contributed by atoms with E-state index in [1.54, 1.807) is 18.2 Å². The van der Waals surface area contributed by atoms with Gasteiger partial charge in [0, 0.05) is 12.8 Å². The van der Waals surface area contributed by atoms with E-state index in [-0.39, 0.29) is 25.2 Å². The minimum Gasteiger partial charge on any atom is -0.481 e. The molecule has 1 heterocycles. The van der Waals surface area contributed by atoms with E-state index in [1.807, 2.05) is 0 Å². The van der Waals surface area contributed by atoms with Gasteiger partial charge in [-0.05, 0) is 35.0 Å². The van der Waals surface area contributed by atoms with Gasteiger partial charge in [-0.1, -0.05) is 11.6 Å². The number of hydrogen-bond acceptors (Lipinski definition) is 5. The molecular formula is C12H12ClN5O3. The predicted molar refractivity (Wildman–Crippen MR) is 74.3 cm³/mol. The minimum absolute atomic E-state index is 0.0498. The summed E-state index contributed by atoms with van der Waals surface area (Å²) in [5.74, 6) is -1.23. The first-order valence-corrected chi connectivity index (χ1v) is 6.48. The van der Waals surface area contributed by atoms with Crippen molar-refractivity contribution in [3.8, 4) is 5.69 Å². The van der Waals surface area contributed by atoms with Crippen molar-refractivity contribution in [2.75, 3.05) is 5.32 Å². The highest BCUT2D eigenvalue weighted by Crippen LogP contribution is 2.24. The third-order valence-corrected chi connectivity index (χ3v) is 2.96. The summed E-state index contributed by atoms with van der Waals surface area (Å²) in [6.45, 7) is 0. The first-order valence-electron chi connectivity index (χ1n) is 6.11. The van der Waals surface area contributed by atoms with E-state index in [4.69, 9.17) is 16.7 Å². The van der Waals surface area contributed by atoms with E-state index in [2.05, 4.69) is 20.8 Å². The van der Waals surface area contributed by atoms with E-state index in [9.17, 15) is 9.59 Å². The second-order valence-electron chi connectivity index (χ2n) is 4.21. The Labute approximate surface area is 124 Å². The molecule has 0 bridgehead atoms. The van der Waals surface area contributed by atoms with Gasteiger partial charge in [-0.3, -0.25) is 9.59 Å². The molecule has 0 aliphatic rings. The molecule has 0 saturated carbocycles. The highest BCUT2D eigenvalue weighted by molar-refractivity contribution is 6.33. The van der Waals surface area contributed by atoms with Crippen LogP contribution in [0.25, 0.3) is 5.69 Å². The van der Waals surface area contributed by atoms with Gasteiger partial charge < -0.3 is 10.4 Å². The highest BCUT2D eigenvalue weighted by atomic mass is 35.5. The number of carboxylic acids is 1. The van der Waals surface area contributed by atoms with E-state index in [0.29, 0.717) is 16.4 Å². The fraction of sp³-hybridized carbons (Fsp3) is 0.250. The van der Waals surface area contributed by atoms with Crippen LogP contribution < -0.4 is 5.32 Å². The van der Waals surface area contributed by atoms with Gasteiger partial charge in [0.25, 0.3) is 0 Å². The zero-order valence-electron chi connectivity index (χ0n) is 10.9. The molecular weight excluding hydrogens is 298 g/mol. The lowest BCUT2D eigenvalue weighted by molar-refractivity contribution is -0.137. The number of carbonyl (C=O) groups is 2. The lowest BCUT2D eigenvalue weighted by Crippen LogP contribution is -2.12. The largest absolute Gasteiger partial charge is 0.481 e. The second-order valence-corrected chi connectivity index (χ2v) is 4.62. The van der Waals surface area contributed by atoms with Gasteiger partial charge in [0.05, 0.1) is 16.4 Å². The van der Waals surface area contributed by atoms with Crippen LogP contribution in [0.5, 0.6) is 0 Å². The third-order valence-electron chi connectivity index (χ3n) is 2.63. The van der Waals surface area contributed by atoms with Gasteiger partial charge in [0.15, 0.2) is 0 Å². The van der Waals surface area contributed by atoms with Crippen molar-refractivity contribution in [2.45, 2.75) is 19.3 Å². The van der Waals surface area contributed by atoms with E-state index in [1.165, 1.54) is 11.0 Å². The van der Waals surface area contributed by atoms with Crippen molar-refractivity contribution in [3.05, 3.63) is 29.5 Å². The van der Waals surface area contributed by atoms with Crippen molar-refractivity contribution in [1.29, 1.82) is 0 Å². The summed E-state index contributed by atoms with van der Waals surface area (Å²) in [5, 5.41) is 22.3. The van der Waals surface area contributed by atoms with E-state index < -0.39 is 5.97 Å². The number of aromatic nitrogens is 4. The molecule has 1 amide bonds. The van der Waals surface area contributed by atoms with Crippen molar-refractivity contribution < 1.29 is 14.7 Å². The summed E-state index contributed by atoms with van der Waals surface area (Å²) in [5.41, 5.74) is 1.07. The van der Waals surface area contributed by atoms with Crippen LogP contribution >= 0.6 is 11.6 Å². The molecule has 110 valence electrons. The highest BCUT2D eigenvalue weighted by Gasteiger charge is 2.09. The first-order chi connectivity index (χ1) is 10.1. The molecule has 0 spiro atoms. The van der Waals surface area contributed by atoms with Crippen LogP contribution in [0.2, 0.25) is 5.02 Å². The molecule has 1 aromatic carbocycles. The Balaban J connectivity index is 2.04. The normalized spacial score (nSPS) is 10.3. The molecule has 8 nitrogen and oxygen atoms in total. The standard InChI is InChI=1S/C12H12ClN5O3/c13-9-5-4-8(18-7-14-16-17-18)6-10(9)15-11(19)2-1-3-12(20)21/h4-7H,1-3H2,(H,15,19)(H,20,21). The Hall–Kier alpha value is -2.48. The Morgan fingerprint density at radius 3 is 2.81 bits per heavy atom. The number of tetrazole rings is 1. The third kappa shape index (κ3) is 4.25. The predicted octanol–water partition coefficient (Wildman–Crippen LogP) is 1.51. The zero-order chi connectivity index (χ0) is 15.2. The quantitative estimate of drug-likeness (QED) is 0.837. The Morgan fingerprint density at radius 1 is 1.33 bits per heavy atom. The Kier molecular flexibility index (Phi) is 4.83. The lowest BCUT2D eigenvalue weighted by atomic mass is 10.2. The van der Waals surface area contributed by atoms with Crippen LogP contribution in [0, 0.1) is 0 Å². The van der Waals surface area contributed by atoms with E-state index in [0.717, 1.165) is 0 Å². The van der Waals surface area contributed by atoms with Crippen LogP contribution in [-0.2, 0) is 9.59 Å². The van der Waals surface area contributed by atoms with Crippen LogP contribution in [0.4, 0.5) is 5.69 Å². The number of aliphatic carboxylic acids is 1. The monoisotopic (exact) mass is 309 g/mol. The smallest absolute Gasteiger partial charge is 0.303 e. The SMILES string of the molecule is O=C(O)CCCC(=O)Nc1cc(-n2cnnn2)ccc1Cl. The molecule has 2 N–H and O–H groups in total. The molecule has 9 heteroatoms. The van der Waals surface area contributed by atoms with Crippen molar-refractivity contribution >= 4 is 29.2 Å². The van der Waals surface area contributed by atoms with Crippen molar-refractivity contribution in [1.82, 2.24) is 20.2 Å². The molecule has 0 atom stereocenters. The molecule has 2 aromatic rings. The number of nitrogens with zero attached hydrogens (tertiary/aromatic N) is 4. The summed E-state index contributed by atoms with van der Waals surface area (Å²) in [6, 6.07) is 4.96. The number of anilines is 1. The van der Waals surface area contributed by atoms with Crippen LogP contribution in [0.15, 0.2) is 24.5 Å². The van der Waals surface area contributed by atoms with Gasteiger partial charge in [-0.25, -0.2) is 4.68 Å². The van der Waals surface area contributed by atoms with Gasteiger partial charge in [-0.2, -0.15) is 0 Å². The molecule has 0 unspecified atom stereocenters. The number of carbonyl (C=O) groups excluding carboxylic acids is 1. The number of hydrogen-bond donors (Lipinski definition) is 2. The van der Waals surface area contributed by atoms with Gasteiger partial charge in [0.1, 0.15) is 6.33 Å². The molecule has 0 saturated heterocycles. The molecule has 0 aliphatic heterocycles. The van der Waals surface area contributed by atoms with Crippen LogP contribution in [-0.4, -0.2) is 37.2 Å². The number of nitrogens with one attached hydrogen (secondary N) is 1. The average molecular weight is 310 g/mol. The maximum atomic E-state index is 11.7. The Bertz CT molecular complexity index is 644. The summed E-state index contributed by atoms with van der Waals surface area (Å²) in [7, 11) is 0. The fourth-order valence-electron chi connectivity index (χ4n) is 1.64. The number of benzene rings is 1. The maximum Gasteiger partial charge on any atom is 0.303 e. The molecule has 1 aromatic heterocycles. The fourth-order valence-corrected chi connectivity index (χ4v) is 1.81. The topological polar surface area (TPSA) is 110 Å². The molecule has 0 radical (unpaired) electrons. The number of amides is 1. The molecule has 0 aliphatic carbocycles. The van der Waals surface area contributed by atoms with Crippen LogP contribution in [0.3, 0.4) is 0 Å². The average Bonchev–Trinajstić information content (AvgIpc) is 2.95. The van der Waals surface area contributed by atoms with Crippen LogP contribution in [0.1, 0.15) is 19.3 Å². The van der Waals surface area contributed by atoms with Crippen molar-refractivity contribution in [2.24, 2.45) is 0 Å². The van der Waals surface area contributed by atoms with E-state index >= 15 is 0 Å². The molecule has 2 rings (SSSR count). The zero-order valence-corrected chi connectivity index (χ0v) is 11.6. The molecule has 21 heavy (non-hydrogen) atoms. The van der Waals surface area contributed by atoms with Gasteiger partial charge in [-0.15, -0.1) is 5.10 Å². The summed E-state index contributed by atoms with van der Waals surface area (Å²) in [4.78, 5) is 22.1. The number of halogens is 1. The van der Waals surface area contributed by atoms with Gasteiger partial charge in [0.2, 0.25) is 5.91 Å². The van der Waals surface area contributed by atoms with Gasteiger partial charge >= 0.3 is 5.97 Å². The number of carboxylic acid groups (broad SMARTS) is 1. The second kappa shape index (κ2) is 6.80. The summed E-state index contributed by atoms with van der Waals surface area (Å²) < 4.78 is 1.43. The summed E-state index contributed by atoms with van der Waals surface area (Å²) >= 11 is 6.02. The summed E-state index contributed by atoms with van der Waals surface area (Å²) in [6.07, 6.45) is 1.75.